The van der Waals surface area contributed by atoms with Gasteiger partial charge < -0.3 is 15.3 Å². The average molecular weight is 475 g/mol. The molecule has 0 saturated heterocycles. The molecule has 9 atom stereocenters. The molecule has 0 bridgehead atoms. The Hall–Kier alpha value is -0.870. The Bertz CT molecular complexity index is 847. The molecule has 4 aliphatic rings. The lowest BCUT2D eigenvalue weighted by Crippen LogP contribution is -2.70. The van der Waals surface area contributed by atoms with Gasteiger partial charge in [-0.2, -0.15) is 0 Å². The summed E-state index contributed by atoms with van der Waals surface area (Å²) in [6, 6.07) is 0. The first kappa shape index (κ1) is 26.2. The second-order valence-corrected chi connectivity index (χ2v) is 14.1. The van der Waals surface area contributed by atoms with Gasteiger partial charge in [0.1, 0.15) is 0 Å². The molecule has 0 aromatic carbocycles. The van der Waals surface area contributed by atoms with Gasteiger partial charge in [0.2, 0.25) is 0 Å². The molecule has 0 radical (unpaired) electrons. The van der Waals surface area contributed by atoms with Crippen molar-refractivity contribution in [2.45, 2.75) is 124 Å². The summed E-state index contributed by atoms with van der Waals surface area (Å²) in [7, 11) is 0. The predicted molar refractivity (Wildman–Crippen MR) is 136 cm³/mol. The van der Waals surface area contributed by atoms with Crippen LogP contribution in [0.5, 0.6) is 0 Å². The smallest absolute Gasteiger partial charge is 0.330 e. The van der Waals surface area contributed by atoms with E-state index >= 15 is 0 Å². The molecule has 0 spiro atoms. The molecule has 4 saturated carbocycles. The molecule has 0 aromatic rings. The van der Waals surface area contributed by atoms with Gasteiger partial charge >= 0.3 is 5.97 Å². The zero-order chi connectivity index (χ0) is 25.3. The van der Waals surface area contributed by atoms with Crippen molar-refractivity contribution in [3.8, 4) is 0 Å². The number of fused-ring (bicyclic) bond motifs is 5. The van der Waals surface area contributed by atoms with Crippen molar-refractivity contribution in [1.29, 1.82) is 0 Å². The quantitative estimate of drug-likeness (QED) is 0.393. The molecule has 34 heavy (non-hydrogen) atoms. The van der Waals surface area contributed by atoms with Gasteiger partial charge in [-0.1, -0.05) is 47.6 Å². The molecule has 4 nitrogen and oxygen atoms in total. The van der Waals surface area contributed by atoms with Crippen molar-refractivity contribution in [2.24, 2.45) is 45.3 Å². The van der Waals surface area contributed by atoms with Gasteiger partial charge in [-0.05, 0) is 111 Å². The highest BCUT2D eigenvalue weighted by atomic mass is 16.4. The summed E-state index contributed by atoms with van der Waals surface area (Å²) >= 11 is 0. The number of allylic oxidation sites excluding steroid dienone is 1. The number of aliphatic hydroxyl groups excluding tert-OH is 1. The van der Waals surface area contributed by atoms with Crippen molar-refractivity contribution in [3.63, 3.8) is 0 Å². The van der Waals surface area contributed by atoms with E-state index in [1.54, 1.807) is 6.92 Å². The fraction of sp³-hybridized carbons (Fsp3) is 0.900. The van der Waals surface area contributed by atoms with Crippen molar-refractivity contribution >= 4 is 5.97 Å². The van der Waals surface area contributed by atoms with Crippen LogP contribution in [-0.4, -0.2) is 33.0 Å². The Balaban J connectivity index is 1.59. The van der Waals surface area contributed by atoms with Gasteiger partial charge in [0.15, 0.2) is 0 Å². The van der Waals surface area contributed by atoms with Gasteiger partial charge in [-0.15, -0.1) is 0 Å². The first-order valence-electron chi connectivity index (χ1n) is 14.0. The molecular formula is C30H50O4. The number of hydrogen-bond donors (Lipinski definition) is 3. The lowest BCUT2D eigenvalue weighted by atomic mass is 9.36. The molecule has 0 aromatic heterocycles. The number of carboxylic acid groups (broad SMARTS) is 1. The molecule has 4 fully saturated rings. The third kappa shape index (κ3) is 3.40. The first-order valence-corrected chi connectivity index (χ1v) is 14.0. The summed E-state index contributed by atoms with van der Waals surface area (Å²) in [5.41, 5.74) is -0.152. The fourth-order valence-corrected chi connectivity index (χ4v) is 10.3. The summed E-state index contributed by atoms with van der Waals surface area (Å²) in [5, 5.41) is 32.6. The maximum Gasteiger partial charge on any atom is 0.330 e. The predicted octanol–water partition coefficient (Wildman–Crippen LogP) is 6.59. The fourth-order valence-electron chi connectivity index (χ4n) is 10.3. The molecule has 0 aliphatic heterocycles. The minimum absolute atomic E-state index is 0.125. The molecular weight excluding hydrogens is 424 g/mol. The van der Waals surface area contributed by atoms with Crippen LogP contribution < -0.4 is 0 Å². The second kappa shape index (κ2) is 8.33. The topological polar surface area (TPSA) is 77.8 Å². The molecule has 4 aliphatic carbocycles. The van der Waals surface area contributed by atoms with Crippen LogP contribution in [0.2, 0.25) is 0 Å². The van der Waals surface area contributed by atoms with Crippen LogP contribution in [-0.2, 0) is 4.79 Å². The van der Waals surface area contributed by atoms with Crippen molar-refractivity contribution in [2.75, 3.05) is 0 Å². The lowest BCUT2D eigenvalue weighted by Gasteiger charge is -2.71. The molecule has 4 heteroatoms. The van der Waals surface area contributed by atoms with E-state index in [-0.39, 0.29) is 27.8 Å². The summed E-state index contributed by atoms with van der Waals surface area (Å²) < 4.78 is 0. The van der Waals surface area contributed by atoms with E-state index in [0.717, 1.165) is 51.4 Å². The van der Waals surface area contributed by atoms with E-state index in [9.17, 15) is 15.0 Å². The van der Waals surface area contributed by atoms with Gasteiger partial charge in [0, 0.05) is 11.0 Å². The zero-order valence-corrected chi connectivity index (χ0v) is 22.8. The largest absolute Gasteiger partial charge is 0.478 e. The van der Waals surface area contributed by atoms with Crippen LogP contribution in [0.1, 0.15) is 113 Å². The number of carboxylic acids is 1. The van der Waals surface area contributed by atoms with Crippen LogP contribution in [0.25, 0.3) is 0 Å². The molecule has 194 valence electrons. The molecule has 0 unspecified atom stereocenters. The monoisotopic (exact) mass is 474 g/mol. The van der Waals surface area contributed by atoms with Crippen LogP contribution in [0, 0.1) is 45.3 Å². The number of carbonyl (C=O) groups is 1. The summed E-state index contributed by atoms with van der Waals surface area (Å²) in [4.78, 5) is 11.2. The number of aliphatic hydroxyl groups is 2. The maximum absolute atomic E-state index is 12.6. The van der Waals surface area contributed by atoms with Gasteiger partial charge in [-0.25, -0.2) is 4.79 Å². The first-order chi connectivity index (χ1) is 15.6. The SMILES string of the molecule is C/C(=C\CC[C@@H](C)[C@H]1CC[C@@]2(C)[C@@H]3CC[C@H]4C(C)(C)[C@@H](O)CC[C@]4(C)[C@@]3(O)CC[C@]12C)C(=O)O. The average Bonchev–Trinajstić information content (AvgIpc) is 3.03. The van der Waals surface area contributed by atoms with E-state index in [1.807, 2.05) is 6.08 Å². The van der Waals surface area contributed by atoms with E-state index in [2.05, 4.69) is 41.5 Å². The van der Waals surface area contributed by atoms with Crippen LogP contribution in [0.3, 0.4) is 0 Å². The molecule has 3 N–H and O–H groups in total. The van der Waals surface area contributed by atoms with Crippen molar-refractivity contribution < 1.29 is 20.1 Å². The minimum atomic E-state index is -0.817. The third-order valence-corrected chi connectivity index (χ3v) is 12.8. The maximum atomic E-state index is 12.6. The Kier molecular flexibility index (Phi) is 6.42. The van der Waals surface area contributed by atoms with E-state index in [4.69, 9.17) is 5.11 Å². The highest BCUT2D eigenvalue weighted by Crippen LogP contribution is 2.75. The molecule has 4 rings (SSSR count). The summed E-state index contributed by atoms with van der Waals surface area (Å²) in [6.45, 7) is 15.9. The minimum Gasteiger partial charge on any atom is -0.478 e. The van der Waals surface area contributed by atoms with E-state index < -0.39 is 11.6 Å². The van der Waals surface area contributed by atoms with E-state index in [0.29, 0.717) is 29.2 Å². The third-order valence-electron chi connectivity index (χ3n) is 12.8. The number of aliphatic carboxylic acids is 1. The molecule has 0 heterocycles. The standard InChI is InChI=1S/C30H50O4/c1-19(9-8-10-20(2)25(32)33)21-13-15-28(6)23-12-11-22-26(3,4)24(31)14-16-29(22,7)30(23,34)18-17-27(21,28)5/h10,19,21-24,31,34H,8-9,11-18H2,1-7H3,(H,32,33)/b20-10+/t19-,21-,22+,23+,24+,27-,28+,29+,30-/m1/s1. The Labute approximate surface area is 207 Å². The summed E-state index contributed by atoms with van der Waals surface area (Å²) in [6.07, 6.45) is 11.7. The van der Waals surface area contributed by atoms with Crippen LogP contribution in [0.4, 0.5) is 0 Å². The Morgan fingerprint density at radius 3 is 2.18 bits per heavy atom. The van der Waals surface area contributed by atoms with Crippen molar-refractivity contribution in [1.82, 2.24) is 0 Å². The normalized spacial score (nSPS) is 49.0. The van der Waals surface area contributed by atoms with Crippen LogP contribution >= 0.6 is 0 Å². The van der Waals surface area contributed by atoms with Crippen LogP contribution in [0.15, 0.2) is 11.6 Å². The second-order valence-electron chi connectivity index (χ2n) is 14.1. The van der Waals surface area contributed by atoms with Gasteiger partial charge in [-0.3, -0.25) is 0 Å². The Morgan fingerprint density at radius 1 is 0.912 bits per heavy atom. The number of rotatable bonds is 5. The number of hydrogen-bond acceptors (Lipinski definition) is 3. The highest BCUT2D eigenvalue weighted by Gasteiger charge is 2.72. The summed E-state index contributed by atoms with van der Waals surface area (Å²) in [5.74, 6) is 1.03. The lowest BCUT2D eigenvalue weighted by molar-refractivity contribution is -0.284. The molecule has 0 amide bonds. The van der Waals surface area contributed by atoms with Gasteiger partial charge in [0.25, 0.3) is 0 Å². The highest BCUT2D eigenvalue weighted by molar-refractivity contribution is 5.85. The van der Waals surface area contributed by atoms with Gasteiger partial charge in [0.05, 0.1) is 11.7 Å². The zero-order valence-electron chi connectivity index (χ0n) is 22.8. The Morgan fingerprint density at radius 2 is 1.53 bits per heavy atom. The van der Waals surface area contributed by atoms with E-state index in [1.165, 1.54) is 12.8 Å². The van der Waals surface area contributed by atoms with Crippen molar-refractivity contribution in [3.05, 3.63) is 11.6 Å².